The quantitative estimate of drug-likeness (QED) is 0.250. The molecule has 0 fully saturated rings. The molecule has 4 aromatic rings. The molecular formula is C33H29Cl2F2N5O4. The largest absolute Gasteiger partial charge is 0.434 e. The average Bonchev–Trinajstić information content (AvgIpc) is 3.15. The van der Waals surface area contributed by atoms with Crippen LogP contribution in [0.4, 0.5) is 20.2 Å². The van der Waals surface area contributed by atoms with E-state index in [4.69, 9.17) is 16.3 Å². The van der Waals surface area contributed by atoms with Crippen LogP contribution in [0, 0.1) is 11.3 Å². The summed E-state index contributed by atoms with van der Waals surface area (Å²) < 4.78 is 32.0. The number of benzene rings is 4. The minimum Gasteiger partial charge on any atom is -0.434 e. The Morgan fingerprint density at radius 1 is 1.07 bits per heavy atom. The fourth-order valence-corrected chi connectivity index (χ4v) is 5.35. The number of carbonyl (C=O) groups is 3. The molecule has 13 heteroatoms. The van der Waals surface area contributed by atoms with E-state index in [-0.39, 0.29) is 53.2 Å². The summed E-state index contributed by atoms with van der Waals surface area (Å²) in [5.74, 6) is -1.70. The lowest BCUT2D eigenvalue weighted by Crippen LogP contribution is -2.55. The number of nitrogens with zero attached hydrogens (tertiary/aromatic N) is 3. The smallest absolute Gasteiger partial charge is 0.387 e. The lowest BCUT2D eigenvalue weighted by Gasteiger charge is -2.27. The molecule has 0 aliphatic carbocycles. The van der Waals surface area contributed by atoms with Gasteiger partial charge in [-0.2, -0.15) is 14.0 Å². The van der Waals surface area contributed by atoms with Gasteiger partial charge in [-0.1, -0.05) is 41.9 Å². The Balaban J connectivity index is 0.00000480. The van der Waals surface area contributed by atoms with Crippen LogP contribution in [0.25, 0.3) is 10.8 Å². The normalized spacial score (nSPS) is 15.0. The Morgan fingerprint density at radius 2 is 1.78 bits per heavy atom. The van der Waals surface area contributed by atoms with E-state index >= 15 is 0 Å². The highest BCUT2D eigenvalue weighted by molar-refractivity contribution is 6.31. The number of fused-ring (bicyclic) bond motifs is 2. The maximum atomic E-state index is 14.4. The molecular weight excluding hydrogens is 639 g/mol. The van der Waals surface area contributed by atoms with Gasteiger partial charge in [0.05, 0.1) is 42.1 Å². The van der Waals surface area contributed by atoms with Crippen LogP contribution in [-0.2, 0) is 16.1 Å². The number of nitriles is 1. The predicted octanol–water partition coefficient (Wildman–Crippen LogP) is 5.67. The van der Waals surface area contributed by atoms with Gasteiger partial charge in [-0.05, 0) is 73.3 Å². The second-order valence-electron chi connectivity index (χ2n) is 10.4. The molecule has 1 aliphatic heterocycles. The number of rotatable bonds is 8. The number of anilines is 2. The molecule has 0 saturated heterocycles. The lowest BCUT2D eigenvalue weighted by molar-refractivity contribution is -0.128. The van der Waals surface area contributed by atoms with Crippen molar-refractivity contribution in [2.75, 3.05) is 23.4 Å². The Hall–Kier alpha value is -4.76. The summed E-state index contributed by atoms with van der Waals surface area (Å²) in [6, 6.07) is 20.9. The maximum absolute atomic E-state index is 14.4. The lowest BCUT2D eigenvalue weighted by atomic mass is 10.0. The first-order valence-corrected chi connectivity index (χ1v) is 14.3. The fraction of sp³-hybridized carbons (Fsp3) is 0.212. The number of halogens is 4. The molecule has 238 valence electrons. The third-order valence-corrected chi connectivity index (χ3v) is 7.86. The van der Waals surface area contributed by atoms with Gasteiger partial charge in [-0.15, -0.1) is 12.4 Å². The highest BCUT2D eigenvalue weighted by Crippen LogP contribution is 2.39. The monoisotopic (exact) mass is 667 g/mol. The molecule has 2 N–H and O–H groups in total. The Bertz CT molecular complexity index is 1820. The molecule has 2 atom stereocenters. The highest BCUT2D eigenvalue weighted by atomic mass is 35.5. The minimum absolute atomic E-state index is 0. The van der Waals surface area contributed by atoms with E-state index in [0.29, 0.717) is 16.5 Å². The van der Waals surface area contributed by atoms with Crippen molar-refractivity contribution >= 4 is 63.9 Å². The summed E-state index contributed by atoms with van der Waals surface area (Å²) in [4.78, 5) is 44.1. The number of hydrogen-bond acceptors (Lipinski definition) is 6. The van der Waals surface area contributed by atoms with Crippen LogP contribution in [0.15, 0.2) is 78.9 Å². The Morgan fingerprint density at radius 3 is 2.46 bits per heavy atom. The first-order valence-electron chi connectivity index (χ1n) is 14.0. The summed E-state index contributed by atoms with van der Waals surface area (Å²) in [6.45, 7) is -2.00. The molecule has 0 bridgehead atoms. The number of likely N-dealkylation sites (N-methyl/N-ethyl adjacent to an activating group) is 1. The average molecular weight is 669 g/mol. The van der Waals surface area contributed by atoms with Gasteiger partial charge in [0, 0.05) is 16.1 Å². The van der Waals surface area contributed by atoms with E-state index in [0.717, 1.165) is 5.39 Å². The molecule has 1 heterocycles. The van der Waals surface area contributed by atoms with Crippen molar-refractivity contribution in [3.63, 3.8) is 0 Å². The van der Waals surface area contributed by atoms with E-state index < -0.39 is 36.4 Å². The van der Waals surface area contributed by atoms with E-state index in [1.807, 2.05) is 12.1 Å². The first-order chi connectivity index (χ1) is 21.6. The molecule has 0 radical (unpaired) electrons. The van der Waals surface area contributed by atoms with Crippen molar-refractivity contribution in [3.8, 4) is 11.8 Å². The standard InChI is InChI=1S/C33H28ClF2N5O4.ClH/c1-19(38-2)30(42)39-26-18-41(31(43)22-9-7-20(16-37)8-10-22)28-15-23(34)12-13-27(28)40(32(26)44)17-25-24-6-4-3-5-21(24)11-14-29(25)45-33(35)36;/h3-15,19,26,33,38H,17-18H2,1-2H3,(H,39,42);1H/t19-,26-;/m0./s1. The van der Waals surface area contributed by atoms with Crippen molar-refractivity contribution in [1.82, 2.24) is 10.6 Å². The summed E-state index contributed by atoms with van der Waals surface area (Å²) >= 11 is 6.41. The van der Waals surface area contributed by atoms with Gasteiger partial charge >= 0.3 is 6.61 Å². The SMILES string of the molecule is CN[C@@H](C)C(=O)N[C@H]1CN(C(=O)c2ccc(C#N)cc2)c2cc(Cl)ccc2N(Cc2c(OC(F)F)ccc3ccccc23)C1=O.Cl. The van der Waals surface area contributed by atoms with Gasteiger partial charge in [-0.3, -0.25) is 14.4 Å². The molecule has 0 spiro atoms. The van der Waals surface area contributed by atoms with E-state index in [9.17, 15) is 28.4 Å². The van der Waals surface area contributed by atoms with Crippen molar-refractivity contribution in [1.29, 1.82) is 5.26 Å². The molecule has 4 aromatic carbocycles. The molecule has 9 nitrogen and oxygen atoms in total. The fourth-order valence-electron chi connectivity index (χ4n) is 5.18. The first kappa shape index (κ1) is 34.1. The van der Waals surface area contributed by atoms with Crippen molar-refractivity contribution in [3.05, 3.63) is 101 Å². The molecule has 5 rings (SSSR count). The minimum atomic E-state index is -3.12. The van der Waals surface area contributed by atoms with Crippen molar-refractivity contribution < 1.29 is 27.9 Å². The number of carbonyl (C=O) groups excluding carboxylic acids is 3. The van der Waals surface area contributed by atoms with Crippen molar-refractivity contribution in [2.45, 2.75) is 32.2 Å². The van der Waals surface area contributed by atoms with Gasteiger partial charge in [-0.25, -0.2) is 0 Å². The molecule has 3 amide bonds. The van der Waals surface area contributed by atoms with E-state index in [1.165, 1.54) is 46.2 Å². The molecule has 0 saturated carbocycles. The zero-order chi connectivity index (χ0) is 32.2. The summed E-state index contributed by atoms with van der Waals surface area (Å²) in [6.07, 6.45) is 0. The summed E-state index contributed by atoms with van der Waals surface area (Å²) in [5, 5.41) is 16.4. The van der Waals surface area contributed by atoms with Crippen molar-refractivity contribution in [2.24, 2.45) is 0 Å². The van der Waals surface area contributed by atoms with Gasteiger partial charge in [0.15, 0.2) is 0 Å². The van der Waals surface area contributed by atoms with Gasteiger partial charge in [0.25, 0.3) is 11.8 Å². The van der Waals surface area contributed by atoms with E-state index in [1.54, 1.807) is 50.4 Å². The van der Waals surface area contributed by atoms with E-state index in [2.05, 4.69) is 10.6 Å². The van der Waals surface area contributed by atoms with Crippen LogP contribution in [0.2, 0.25) is 5.02 Å². The summed E-state index contributed by atoms with van der Waals surface area (Å²) in [7, 11) is 1.59. The van der Waals surface area contributed by atoms with Crippen LogP contribution in [0.3, 0.4) is 0 Å². The third kappa shape index (κ3) is 7.05. The van der Waals surface area contributed by atoms with Crippen LogP contribution in [0.5, 0.6) is 5.75 Å². The number of alkyl halides is 2. The molecule has 1 aliphatic rings. The maximum Gasteiger partial charge on any atom is 0.387 e. The molecule has 0 unspecified atom stereocenters. The molecule has 46 heavy (non-hydrogen) atoms. The molecule has 0 aromatic heterocycles. The van der Waals surface area contributed by atoms with Crippen LogP contribution < -0.4 is 25.2 Å². The second kappa shape index (κ2) is 14.6. The Kier molecular flexibility index (Phi) is 10.8. The zero-order valence-corrected chi connectivity index (χ0v) is 26.2. The van der Waals surface area contributed by atoms with Crippen LogP contribution in [0.1, 0.15) is 28.4 Å². The van der Waals surface area contributed by atoms with Crippen LogP contribution >= 0.6 is 24.0 Å². The zero-order valence-electron chi connectivity index (χ0n) is 24.7. The topological polar surface area (TPSA) is 115 Å². The number of hydrogen-bond donors (Lipinski definition) is 2. The number of nitrogens with one attached hydrogen (secondary N) is 2. The van der Waals surface area contributed by atoms with Crippen LogP contribution in [-0.4, -0.2) is 50.0 Å². The second-order valence-corrected chi connectivity index (χ2v) is 10.8. The highest BCUT2D eigenvalue weighted by Gasteiger charge is 2.38. The summed E-state index contributed by atoms with van der Waals surface area (Å²) in [5.41, 5.74) is 1.43. The van der Waals surface area contributed by atoms with Gasteiger partial charge in [0.1, 0.15) is 11.8 Å². The predicted molar refractivity (Wildman–Crippen MR) is 174 cm³/mol. The van der Waals surface area contributed by atoms with Gasteiger partial charge < -0.3 is 25.2 Å². The number of amides is 3. The third-order valence-electron chi connectivity index (χ3n) is 7.63. The van der Waals surface area contributed by atoms with Gasteiger partial charge in [0.2, 0.25) is 5.91 Å². The Labute approximate surface area is 275 Å². The number of ether oxygens (including phenoxy) is 1.